The number of thiazole rings is 1. The average Bonchev–Trinajstić information content (AvgIpc) is 3.22. The van der Waals surface area contributed by atoms with E-state index >= 15 is 0 Å². The molecule has 2 aromatic carbocycles. The molecule has 0 unspecified atom stereocenters. The van der Waals surface area contributed by atoms with Crippen molar-refractivity contribution in [3.63, 3.8) is 0 Å². The van der Waals surface area contributed by atoms with E-state index in [1.807, 2.05) is 17.5 Å². The maximum absolute atomic E-state index is 12.5. The van der Waals surface area contributed by atoms with E-state index in [2.05, 4.69) is 15.4 Å². The molecule has 140 valence electrons. The molecule has 28 heavy (non-hydrogen) atoms. The standard InChI is InChI=1S/C17H9Cl2N5O3S/c18-10-3-1-9(2-4-10)14-8-28-17-21-16(22-23(14)17)20-15(25)12-6-5-11(19)7-13(12)24(26)27/h1-8H,(H,20,22,25). The summed E-state index contributed by atoms with van der Waals surface area (Å²) < 4.78 is 1.58. The van der Waals surface area contributed by atoms with E-state index in [1.54, 1.807) is 16.6 Å². The Hall–Kier alpha value is -3.01. The Morgan fingerprint density at radius 2 is 1.86 bits per heavy atom. The monoisotopic (exact) mass is 433 g/mol. The molecule has 2 heterocycles. The molecule has 4 aromatic rings. The van der Waals surface area contributed by atoms with Gasteiger partial charge in [-0.1, -0.05) is 35.3 Å². The van der Waals surface area contributed by atoms with Crippen LogP contribution in [0.4, 0.5) is 11.6 Å². The maximum Gasteiger partial charge on any atom is 0.283 e. The number of aromatic nitrogens is 3. The number of anilines is 1. The summed E-state index contributed by atoms with van der Waals surface area (Å²) in [5.41, 5.74) is 1.13. The number of rotatable bonds is 4. The number of carbonyl (C=O) groups excluding carboxylic acids is 1. The van der Waals surface area contributed by atoms with Crippen LogP contribution in [0, 0.1) is 10.1 Å². The molecule has 4 rings (SSSR count). The Morgan fingerprint density at radius 1 is 1.14 bits per heavy atom. The second-order valence-corrected chi connectivity index (χ2v) is 7.34. The Labute approximate surface area is 171 Å². The van der Waals surface area contributed by atoms with Gasteiger partial charge in [-0.2, -0.15) is 4.98 Å². The number of benzene rings is 2. The summed E-state index contributed by atoms with van der Waals surface area (Å²) in [5.74, 6) is -0.661. The van der Waals surface area contributed by atoms with Gasteiger partial charge in [0, 0.05) is 27.1 Å². The van der Waals surface area contributed by atoms with Crippen LogP contribution in [0.5, 0.6) is 0 Å². The Kier molecular flexibility index (Phi) is 4.71. The predicted molar refractivity (Wildman–Crippen MR) is 107 cm³/mol. The second kappa shape index (κ2) is 7.19. The summed E-state index contributed by atoms with van der Waals surface area (Å²) in [6.45, 7) is 0. The molecular weight excluding hydrogens is 425 g/mol. The number of fused-ring (bicyclic) bond motifs is 1. The van der Waals surface area contributed by atoms with E-state index < -0.39 is 16.5 Å². The van der Waals surface area contributed by atoms with Crippen LogP contribution in [0.1, 0.15) is 10.4 Å². The molecule has 0 spiro atoms. The first-order valence-corrected chi connectivity index (χ1v) is 9.41. The quantitative estimate of drug-likeness (QED) is 0.363. The summed E-state index contributed by atoms with van der Waals surface area (Å²) in [5, 5.41) is 20.6. The van der Waals surface area contributed by atoms with Gasteiger partial charge in [0.2, 0.25) is 4.96 Å². The minimum absolute atomic E-state index is 0.0383. The van der Waals surface area contributed by atoms with Crippen molar-refractivity contribution < 1.29 is 9.72 Å². The highest BCUT2D eigenvalue weighted by atomic mass is 35.5. The molecule has 11 heteroatoms. The van der Waals surface area contributed by atoms with Gasteiger partial charge in [0.1, 0.15) is 5.56 Å². The van der Waals surface area contributed by atoms with Crippen LogP contribution in [0.2, 0.25) is 10.0 Å². The second-order valence-electron chi connectivity index (χ2n) is 5.63. The van der Waals surface area contributed by atoms with Crippen LogP contribution < -0.4 is 5.32 Å². The lowest BCUT2D eigenvalue weighted by molar-refractivity contribution is -0.385. The number of nitro groups is 1. The fourth-order valence-corrected chi connectivity index (χ4v) is 3.69. The zero-order valence-electron chi connectivity index (χ0n) is 13.8. The smallest absolute Gasteiger partial charge is 0.283 e. The molecule has 0 saturated carbocycles. The van der Waals surface area contributed by atoms with E-state index in [9.17, 15) is 14.9 Å². The van der Waals surface area contributed by atoms with E-state index in [0.29, 0.717) is 9.98 Å². The number of halogens is 2. The maximum atomic E-state index is 12.5. The van der Waals surface area contributed by atoms with E-state index in [-0.39, 0.29) is 16.5 Å². The highest BCUT2D eigenvalue weighted by molar-refractivity contribution is 7.15. The van der Waals surface area contributed by atoms with Crippen LogP contribution in [0.15, 0.2) is 47.8 Å². The highest BCUT2D eigenvalue weighted by Gasteiger charge is 2.22. The largest absolute Gasteiger partial charge is 0.289 e. The van der Waals surface area contributed by atoms with Crippen molar-refractivity contribution >= 4 is 57.0 Å². The number of nitro benzene ring substituents is 1. The van der Waals surface area contributed by atoms with Gasteiger partial charge in [0.05, 0.1) is 10.6 Å². The fraction of sp³-hybridized carbons (Fsp3) is 0. The van der Waals surface area contributed by atoms with Gasteiger partial charge >= 0.3 is 0 Å². The van der Waals surface area contributed by atoms with Crippen LogP contribution in [-0.4, -0.2) is 25.4 Å². The third-order valence-electron chi connectivity index (χ3n) is 3.85. The Balaban J connectivity index is 1.65. The first-order chi connectivity index (χ1) is 13.4. The predicted octanol–water partition coefficient (Wildman–Crippen LogP) is 4.93. The van der Waals surface area contributed by atoms with Crippen LogP contribution >= 0.6 is 34.5 Å². The number of nitrogens with one attached hydrogen (secondary N) is 1. The first kappa shape index (κ1) is 18.4. The van der Waals surface area contributed by atoms with E-state index in [1.165, 1.54) is 23.5 Å². The molecule has 0 atom stereocenters. The number of nitrogens with zero attached hydrogens (tertiary/aromatic N) is 4. The van der Waals surface area contributed by atoms with Gasteiger partial charge in [0.15, 0.2) is 0 Å². The Morgan fingerprint density at radius 3 is 2.57 bits per heavy atom. The highest BCUT2D eigenvalue weighted by Crippen LogP contribution is 2.28. The average molecular weight is 434 g/mol. The molecule has 0 aliphatic carbocycles. The molecular formula is C17H9Cl2N5O3S. The summed E-state index contributed by atoms with van der Waals surface area (Å²) >= 11 is 13.0. The van der Waals surface area contributed by atoms with Crippen molar-refractivity contribution in [1.82, 2.24) is 14.6 Å². The lowest BCUT2D eigenvalue weighted by Gasteiger charge is -2.03. The van der Waals surface area contributed by atoms with Crippen molar-refractivity contribution in [3.8, 4) is 11.3 Å². The van der Waals surface area contributed by atoms with Gasteiger partial charge in [0.25, 0.3) is 17.5 Å². The molecule has 0 bridgehead atoms. The molecule has 0 radical (unpaired) electrons. The SMILES string of the molecule is O=C(Nc1nc2scc(-c3ccc(Cl)cc3)n2n1)c1ccc(Cl)cc1[N+](=O)[O-]. The molecule has 1 amide bonds. The number of amides is 1. The van der Waals surface area contributed by atoms with Crippen molar-refractivity contribution in [2.75, 3.05) is 5.32 Å². The summed E-state index contributed by atoms with van der Waals surface area (Å²) in [7, 11) is 0. The van der Waals surface area contributed by atoms with E-state index in [0.717, 1.165) is 17.3 Å². The Bertz CT molecular complexity index is 1220. The lowest BCUT2D eigenvalue weighted by atomic mass is 10.1. The normalized spacial score (nSPS) is 10.9. The van der Waals surface area contributed by atoms with Gasteiger partial charge in [-0.05, 0) is 24.3 Å². The summed E-state index contributed by atoms with van der Waals surface area (Å²) in [6.07, 6.45) is 0. The molecule has 0 aliphatic heterocycles. The van der Waals surface area contributed by atoms with Crippen LogP contribution in [-0.2, 0) is 0 Å². The topological polar surface area (TPSA) is 102 Å². The number of hydrogen-bond donors (Lipinski definition) is 1. The first-order valence-electron chi connectivity index (χ1n) is 7.78. The summed E-state index contributed by atoms with van der Waals surface area (Å²) in [4.78, 5) is 27.8. The van der Waals surface area contributed by atoms with Crippen molar-refractivity contribution in [3.05, 3.63) is 73.6 Å². The van der Waals surface area contributed by atoms with E-state index in [4.69, 9.17) is 23.2 Å². The molecule has 2 aromatic heterocycles. The van der Waals surface area contributed by atoms with Gasteiger partial charge in [-0.25, -0.2) is 4.52 Å². The third-order valence-corrected chi connectivity index (χ3v) is 5.15. The fourth-order valence-electron chi connectivity index (χ4n) is 2.57. The van der Waals surface area contributed by atoms with Gasteiger partial charge in [-0.15, -0.1) is 16.4 Å². The molecule has 0 fully saturated rings. The van der Waals surface area contributed by atoms with Crippen molar-refractivity contribution in [2.45, 2.75) is 0 Å². The van der Waals surface area contributed by atoms with Crippen molar-refractivity contribution in [1.29, 1.82) is 0 Å². The van der Waals surface area contributed by atoms with Crippen LogP contribution in [0.3, 0.4) is 0 Å². The third kappa shape index (κ3) is 3.42. The summed E-state index contributed by atoms with van der Waals surface area (Å²) in [6, 6.07) is 11.0. The molecule has 8 nitrogen and oxygen atoms in total. The van der Waals surface area contributed by atoms with Gasteiger partial charge < -0.3 is 0 Å². The number of hydrogen-bond acceptors (Lipinski definition) is 6. The van der Waals surface area contributed by atoms with Crippen LogP contribution in [0.25, 0.3) is 16.2 Å². The molecule has 0 saturated heterocycles. The zero-order chi connectivity index (χ0) is 19.8. The minimum Gasteiger partial charge on any atom is -0.289 e. The zero-order valence-corrected chi connectivity index (χ0v) is 16.1. The van der Waals surface area contributed by atoms with Gasteiger partial charge in [-0.3, -0.25) is 20.2 Å². The minimum atomic E-state index is -0.699. The number of carbonyl (C=O) groups is 1. The molecule has 0 aliphatic rings. The molecule has 1 N–H and O–H groups in total. The lowest BCUT2D eigenvalue weighted by Crippen LogP contribution is -2.15. The van der Waals surface area contributed by atoms with Crippen molar-refractivity contribution in [2.24, 2.45) is 0 Å².